The molecule has 20 heteroatoms. The number of esters is 1. The van der Waals surface area contributed by atoms with Crippen molar-refractivity contribution in [3.63, 3.8) is 0 Å². The Bertz CT molecular complexity index is 3330. The SMILES string of the molecule is CO[C@H]1/C=C/O[C@@]2(C)Oc3c(C)c(O)c4c(O)c(c(/C=N/N(C5CCN(C)CC5)C5CCN(c6cc7c(cc6F)c(=O)c(C)cn7C6CC6)C5)c(O)c4c3C2=O)NC(=O)/C(C)=C\C=C\[C@H](C)[C@H](O)[C@@H](C)[C@@H](O)[C@@H](C)[C@H](OC(C)=O)[C@@H]1C. The molecule has 1 unspecified atom stereocenters. The number of nitrogens with zero attached hydrogens (tertiary/aromatic N) is 5. The van der Waals surface area contributed by atoms with Crippen LogP contribution in [-0.2, 0) is 23.8 Å². The zero-order valence-corrected chi connectivity index (χ0v) is 48.0. The van der Waals surface area contributed by atoms with Gasteiger partial charge in [0.1, 0.15) is 29.2 Å². The van der Waals surface area contributed by atoms with Crippen LogP contribution in [0.2, 0.25) is 0 Å². The second kappa shape index (κ2) is 23.1. The first-order valence-electron chi connectivity index (χ1n) is 28.1. The smallest absolute Gasteiger partial charge is 0.312 e. The highest BCUT2D eigenvalue weighted by Gasteiger charge is 2.50. The summed E-state index contributed by atoms with van der Waals surface area (Å²) in [6.45, 7) is 16.5. The average Bonchev–Trinajstić information content (AvgIpc) is 3.37. The highest BCUT2D eigenvalue weighted by molar-refractivity contribution is 6.24. The molecule has 1 amide bonds. The van der Waals surface area contributed by atoms with Crippen LogP contribution >= 0.6 is 0 Å². The van der Waals surface area contributed by atoms with Gasteiger partial charge in [-0.2, -0.15) is 5.10 Å². The minimum atomic E-state index is -2.13. The number of carbonyl (C=O) groups excluding carboxylic acids is 3. The number of phenols is 3. The number of ether oxygens (including phenoxy) is 4. The van der Waals surface area contributed by atoms with Crippen LogP contribution in [0.1, 0.15) is 114 Å². The third-order valence-electron chi connectivity index (χ3n) is 17.5. The lowest BCUT2D eigenvalue weighted by Crippen LogP contribution is -2.46. The third kappa shape index (κ3) is 11.1. The Labute approximate surface area is 470 Å². The van der Waals surface area contributed by atoms with Gasteiger partial charge in [0.2, 0.25) is 0 Å². The number of hydrogen-bond donors (Lipinski definition) is 6. The zero-order chi connectivity index (χ0) is 58.7. The van der Waals surface area contributed by atoms with Crippen molar-refractivity contribution < 1.29 is 63.3 Å². The van der Waals surface area contributed by atoms with E-state index in [4.69, 9.17) is 24.0 Å². The Morgan fingerprint density at radius 3 is 2.26 bits per heavy atom. The minimum absolute atomic E-state index is 0.0148. The summed E-state index contributed by atoms with van der Waals surface area (Å²) < 4.78 is 42.4. The number of pyridine rings is 1. The average molecular weight is 1120 g/mol. The molecule has 5 aliphatic heterocycles. The van der Waals surface area contributed by atoms with Gasteiger partial charge in [-0.15, -0.1) is 0 Å². The fourth-order valence-electron chi connectivity index (χ4n) is 12.3. The Kier molecular flexibility index (Phi) is 16.7. The minimum Gasteiger partial charge on any atom is -0.507 e. The number of rotatable bonds is 8. The van der Waals surface area contributed by atoms with Crippen molar-refractivity contribution in [2.45, 2.75) is 143 Å². The van der Waals surface area contributed by atoms with Crippen LogP contribution in [0, 0.1) is 43.3 Å². The summed E-state index contributed by atoms with van der Waals surface area (Å²) in [4.78, 5) is 59.3. The molecule has 1 aromatic heterocycles. The monoisotopic (exact) mass is 1120 g/mol. The number of piperidine rings is 1. The van der Waals surface area contributed by atoms with Crippen molar-refractivity contribution in [1.82, 2.24) is 14.5 Å². The van der Waals surface area contributed by atoms with Crippen LogP contribution in [0.25, 0.3) is 21.7 Å². The molecule has 4 aromatic rings. The van der Waals surface area contributed by atoms with E-state index in [0.29, 0.717) is 54.5 Å². The van der Waals surface area contributed by atoms with Crippen LogP contribution in [0.3, 0.4) is 0 Å². The number of methoxy groups -OCH3 is 1. The predicted molar refractivity (Wildman–Crippen MR) is 306 cm³/mol. The van der Waals surface area contributed by atoms with Gasteiger partial charge in [-0.25, -0.2) is 4.39 Å². The number of hydrazone groups is 1. The van der Waals surface area contributed by atoms with Crippen LogP contribution in [0.4, 0.5) is 15.8 Å². The molecule has 6 aliphatic rings. The van der Waals surface area contributed by atoms with E-state index in [0.717, 1.165) is 25.9 Å². The topological polar surface area (TPSA) is 245 Å². The molecule has 2 saturated heterocycles. The van der Waals surface area contributed by atoms with E-state index in [-0.39, 0.29) is 68.0 Å². The van der Waals surface area contributed by atoms with Gasteiger partial charge in [0.15, 0.2) is 11.2 Å². The van der Waals surface area contributed by atoms with Crippen molar-refractivity contribution in [2.75, 3.05) is 50.6 Å². The number of benzene rings is 3. The molecule has 6 heterocycles. The lowest BCUT2D eigenvalue weighted by Gasteiger charge is -2.39. The summed E-state index contributed by atoms with van der Waals surface area (Å²) in [5.74, 6) is -9.45. The van der Waals surface area contributed by atoms with Crippen molar-refractivity contribution in [3.05, 3.63) is 92.8 Å². The molecule has 6 N–H and O–H groups in total. The number of Topliss-reactive ketones (excluding diaryl/α,β-unsaturated/α-hetero) is 1. The number of halogens is 1. The molecule has 436 valence electrons. The molecular weight excluding hydrogens is 1040 g/mol. The standard InChI is InChI=1S/C61H77FN6O13/c1-30-13-12-14-31(2)60(77)64-50-42(27-63-68(39-17-21-65(10)22-18-39)40-19-23-66(29-40)45-26-44-41(25-43(45)62)52(71)32(3)28-67(44)38-15-16-38)55(74)47-48(56(50)75)54(73)36(7)58-49(47)59(76)61(9,81-58)79-24-20-46(78-11)33(4)57(80-37(8)69)35(6)53(72)34(5)51(30)70/h12-14,20,24-28,30,33-35,38-40,46,51,53,57,70,72-75H,15-19,21-23,29H2,1-11H3,(H,64,77)/b13-12+,24-20+,31-14-,63-27+/t30-,33+,34+,35+,40?,46-,51-,53+,57+,61-/m0/s1. The van der Waals surface area contributed by atoms with Gasteiger partial charge in [0.05, 0.1) is 70.2 Å². The van der Waals surface area contributed by atoms with Crippen molar-refractivity contribution in [3.8, 4) is 23.0 Å². The molecule has 3 fully saturated rings. The molecular formula is C61H77FN6O13. The molecule has 1 saturated carbocycles. The molecule has 0 radical (unpaired) electrons. The summed E-state index contributed by atoms with van der Waals surface area (Å²) in [5.41, 5.74) is 0.751. The van der Waals surface area contributed by atoms with Gasteiger partial charge < -0.3 is 64.2 Å². The van der Waals surface area contributed by atoms with E-state index >= 15 is 4.39 Å². The maximum absolute atomic E-state index is 16.3. The van der Waals surface area contributed by atoms with Crippen LogP contribution in [0.5, 0.6) is 23.0 Å². The highest BCUT2D eigenvalue weighted by atomic mass is 19.1. The lowest BCUT2D eigenvalue weighted by atomic mass is 9.78. The number of aliphatic hydroxyl groups excluding tert-OH is 2. The maximum atomic E-state index is 16.3. The molecule has 10 atom stereocenters. The number of fused-ring (bicyclic) bond motifs is 15. The molecule has 1 aliphatic carbocycles. The zero-order valence-electron chi connectivity index (χ0n) is 48.0. The third-order valence-corrected chi connectivity index (χ3v) is 17.5. The number of ketones is 1. The number of amides is 1. The van der Waals surface area contributed by atoms with E-state index in [9.17, 15) is 44.7 Å². The number of phenolic OH excluding ortho intramolecular Hbond substituents is 3. The first-order chi connectivity index (χ1) is 38.4. The number of aliphatic hydroxyl groups is 2. The van der Waals surface area contributed by atoms with Gasteiger partial charge in [0.25, 0.3) is 11.7 Å². The Morgan fingerprint density at radius 1 is 0.901 bits per heavy atom. The van der Waals surface area contributed by atoms with E-state index in [1.165, 1.54) is 65.5 Å². The number of aromatic nitrogens is 1. The van der Waals surface area contributed by atoms with Gasteiger partial charge in [-0.05, 0) is 91.2 Å². The first kappa shape index (κ1) is 58.6. The number of nitrogens with one attached hydrogen (secondary N) is 1. The first-order valence-corrected chi connectivity index (χ1v) is 28.1. The fraction of sp³-hybridized carbons (Fsp3) is 0.525. The Morgan fingerprint density at radius 2 is 1.59 bits per heavy atom. The summed E-state index contributed by atoms with van der Waals surface area (Å²) in [5, 5.41) is 70.0. The van der Waals surface area contributed by atoms with Gasteiger partial charge in [-0.3, -0.25) is 24.2 Å². The summed E-state index contributed by atoms with van der Waals surface area (Å²) >= 11 is 0. The predicted octanol–water partition coefficient (Wildman–Crippen LogP) is 7.86. The van der Waals surface area contributed by atoms with E-state index in [1.54, 1.807) is 52.8 Å². The largest absolute Gasteiger partial charge is 0.507 e. The summed E-state index contributed by atoms with van der Waals surface area (Å²) in [6, 6.07) is 2.89. The van der Waals surface area contributed by atoms with Crippen molar-refractivity contribution >= 4 is 56.9 Å². The second-order valence-electron chi connectivity index (χ2n) is 23.3. The van der Waals surface area contributed by atoms with Crippen LogP contribution in [0.15, 0.2) is 64.4 Å². The summed E-state index contributed by atoms with van der Waals surface area (Å²) in [6.07, 6.45) is 10.4. The molecule has 3 aromatic carbocycles. The van der Waals surface area contributed by atoms with Crippen LogP contribution < -0.4 is 20.4 Å². The lowest BCUT2D eigenvalue weighted by molar-refractivity contribution is -0.160. The molecule has 5 bridgehead atoms. The number of likely N-dealkylation sites (tertiary alicyclic amines) is 1. The quantitative estimate of drug-likeness (QED) is 0.0323. The second-order valence-corrected chi connectivity index (χ2v) is 23.3. The van der Waals surface area contributed by atoms with Crippen molar-refractivity contribution in [2.24, 2.45) is 28.8 Å². The fourth-order valence-corrected chi connectivity index (χ4v) is 12.3. The van der Waals surface area contributed by atoms with Gasteiger partial charge in [-0.1, -0.05) is 45.9 Å². The summed E-state index contributed by atoms with van der Waals surface area (Å²) in [7, 11) is 3.46. The van der Waals surface area contributed by atoms with Crippen molar-refractivity contribution in [1.29, 1.82) is 0 Å². The number of allylic oxidation sites excluding steroid dienone is 2. The molecule has 19 nitrogen and oxygen atoms in total. The number of carbonyl (C=O) groups is 3. The van der Waals surface area contributed by atoms with Gasteiger partial charge >= 0.3 is 11.8 Å². The van der Waals surface area contributed by atoms with E-state index < -0.39 is 94.6 Å². The van der Waals surface area contributed by atoms with E-state index in [2.05, 4.69) is 14.8 Å². The van der Waals surface area contributed by atoms with Gasteiger partial charge in [0, 0.05) is 103 Å². The van der Waals surface area contributed by atoms with Crippen LogP contribution in [-0.4, -0.2) is 147 Å². The van der Waals surface area contributed by atoms with E-state index in [1.807, 2.05) is 23.2 Å². The number of anilines is 2. The number of aromatic hydroxyl groups is 3. The molecule has 0 spiro atoms. The number of aryl methyl sites for hydroxylation is 1. The normalized spacial score (nSPS) is 29.7. The maximum Gasteiger partial charge on any atom is 0.312 e. The molecule has 81 heavy (non-hydrogen) atoms. The molecule has 10 rings (SSSR count). The Hall–Kier alpha value is -7.00. The highest BCUT2D eigenvalue weighted by Crippen LogP contribution is 2.55. The Balaban J connectivity index is 1.16. The number of hydrogen-bond acceptors (Lipinski definition) is 17.